The molecule has 36 heavy (non-hydrogen) atoms. The summed E-state index contributed by atoms with van der Waals surface area (Å²) in [6.45, 7) is 3.56. The summed E-state index contributed by atoms with van der Waals surface area (Å²) in [5.41, 5.74) is 0.578. The molecular formula is C24H14Cl3NO6S2. The number of allylic oxidation sites excluding steroid dienone is 1. The molecule has 2 heterocycles. The molecule has 12 heteroatoms. The lowest BCUT2D eigenvalue weighted by molar-refractivity contribution is -0.419. The summed E-state index contributed by atoms with van der Waals surface area (Å²) in [5, 5.41) is 12.9. The van der Waals surface area contributed by atoms with E-state index in [1.807, 2.05) is 0 Å². The smallest absolute Gasteiger partial charge is 0.336 e. The summed E-state index contributed by atoms with van der Waals surface area (Å²) in [5.74, 6) is 0. The van der Waals surface area contributed by atoms with Crippen LogP contribution in [0.1, 0.15) is 11.1 Å². The molecular weight excluding hydrogens is 569 g/mol. The number of nitrogens with zero attached hydrogens (tertiary/aromatic N) is 1. The Morgan fingerprint density at radius 1 is 0.778 bits per heavy atom. The first-order valence-electron chi connectivity index (χ1n) is 10.1. The fourth-order valence-electron chi connectivity index (χ4n) is 3.37. The zero-order valence-corrected chi connectivity index (χ0v) is 22.4. The second-order valence-electron chi connectivity index (χ2n) is 7.48. The van der Waals surface area contributed by atoms with Crippen LogP contribution in [0.15, 0.2) is 96.2 Å². The average Bonchev–Trinajstić information content (AvgIpc) is 2.78. The number of aryl methyl sites for hydroxylation is 2. The molecule has 2 aromatic carbocycles. The molecule has 0 aliphatic heterocycles. The summed E-state index contributed by atoms with van der Waals surface area (Å²) >= 11 is 20.8. The van der Waals surface area contributed by atoms with Crippen LogP contribution >= 0.6 is 58.3 Å². The van der Waals surface area contributed by atoms with Gasteiger partial charge in [0, 0.05) is 32.7 Å². The van der Waals surface area contributed by atoms with Crippen molar-refractivity contribution in [3.8, 4) is 0 Å². The standard InChI is InChI=1S/C24H14Cl3NO6S2/c1-11-7-19(29)33-17-9-13(3-5-15(11)17)35-23(26)21(25)22(28(31)32)24(27)36-14-4-6-16-12(2)8-20(30)34-18(16)10-14/h3-10H,1-2H3/b23-21+,24-22+. The minimum absolute atomic E-state index is 0.100. The highest BCUT2D eigenvalue weighted by atomic mass is 35.5. The highest BCUT2D eigenvalue weighted by Crippen LogP contribution is 2.42. The number of halogens is 3. The third-order valence-electron chi connectivity index (χ3n) is 5.01. The molecule has 7 nitrogen and oxygen atoms in total. The van der Waals surface area contributed by atoms with Crippen molar-refractivity contribution in [2.24, 2.45) is 0 Å². The summed E-state index contributed by atoms with van der Waals surface area (Å²) in [6.07, 6.45) is 0. The van der Waals surface area contributed by atoms with Crippen LogP contribution in [0.25, 0.3) is 21.9 Å². The Hall–Kier alpha value is -2.69. The first kappa shape index (κ1) is 26.4. The first-order valence-corrected chi connectivity index (χ1v) is 12.8. The highest BCUT2D eigenvalue weighted by Gasteiger charge is 2.26. The van der Waals surface area contributed by atoms with E-state index in [9.17, 15) is 19.7 Å². The number of rotatable bonds is 6. The van der Waals surface area contributed by atoms with Crippen LogP contribution in [0.5, 0.6) is 0 Å². The molecule has 184 valence electrons. The molecule has 0 aliphatic rings. The second-order valence-corrected chi connectivity index (χ2v) is 11.2. The number of hydrogen-bond acceptors (Lipinski definition) is 8. The van der Waals surface area contributed by atoms with Gasteiger partial charge < -0.3 is 8.83 Å². The van der Waals surface area contributed by atoms with Crippen molar-refractivity contribution in [1.82, 2.24) is 0 Å². The van der Waals surface area contributed by atoms with E-state index < -0.39 is 21.9 Å². The molecule has 0 bridgehead atoms. The Bertz CT molecular complexity index is 1730. The monoisotopic (exact) mass is 581 g/mol. The molecule has 0 saturated heterocycles. The Morgan fingerprint density at radius 2 is 1.22 bits per heavy atom. The topological polar surface area (TPSA) is 104 Å². The normalized spacial score (nSPS) is 13.0. The van der Waals surface area contributed by atoms with Crippen LogP contribution in [0.4, 0.5) is 0 Å². The van der Waals surface area contributed by atoms with E-state index in [2.05, 4.69) is 0 Å². The predicted octanol–water partition coefficient (Wildman–Crippen LogP) is 7.73. The lowest BCUT2D eigenvalue weighted by Crippen LogP contribution is -2.01. The second kappa shape index (κ2) is 10.7. The lowest BCUT2D eigenvalue weighted by atomic mass is 10.1. The van der Waals surface area contributed by atoms with Crippen LogP contribution in [-0.4, -0.2) is 4.92 Å². The third-order valence-corrected chi connectivity index (χ3v) is 8.15. The molecule has 0 N–H and O–H groups in total. The van der Waals surface area contributed by atoms with Gasteiger partial charge >= 0.3 is 16.9 Å². The van der Waals surface area contributed by atoms with E-state index in [-0.39, 0.29) is 13.8 Å². The van der Waals surface area contributed by atoms with E-state index in [0.29, 0.717) is 21.0 Å². The van der Waals surface area contributed by atoms with E-state index in [1.165, 1.54) is 12.1 Å². The summed E-state index contributed by atoms with van der Waals surface area (Å²) in [6, 6.07) is 12.8. The predicted molar refractivity (Wildman–Crippen MR) is 145 cm³/mol. The Balaban J connectivity index is 1.68. The number of fused-ring (bicyclic) bond motifs is 2. The van der Waals surface area contributed by atoms with Crippen molar-refractivity contribution in [2.45, 2.75) is 23.6 Å². The van der Waals surface area contributed by atoms with E-state index in [0.717, 1.165) is 45.4 Å². The minimum atomic E-state index is -0.727. The summed E-state index contributed by atoms with van der Waals surface area (Å²) in [7, 11) is 0. The van der Waals surface area contributed by atoms with Crippen molar-refractivity contribution >= 4 is 80.3 Å². The van der Waals surface area contributed by atoms with Crippen molar-refractivity contribution in [2.75, 3.05) is 0 Å². The molecule has 0 amide bonds. The van der Waals surface area contributed by atoms with Crippen LogP contribution in [0, 0.1) is 24.0 Å². The van der Waals surface area contributed by atoms with Crippen LogP contribution in [-0.2, 0) is 0 Å². The Labute approximate surface area is 226 Å². The maximum Gasteiger partial charge on any atom is 0.336 e. The minimum Gasteiger partial charge on any atom is -0.423 e. The van der Waals surface area contributed by atoms with Gasteiger partial charge in [-0.05, 0) is 61.4 Å². The Morgan fingerprint density at radius 3 is 1.67 bits per heavy atom. The number of nitro groups is 1. The van der Waals surface area contributed by atoms with Gasteiger partial charge in [0.05, 0.1) is 4.92 Å². The fourth-order valence-corrected chi connectivity index (χ4v) is 6.02. The number of benzene rings is 2. The van der Waals surface area contributed by atoms with Gasteiger partial charge in [0.15, 0.2) is 4.36 Å². The first-order chi connectivity index (χ1) is 17.0. The molecule has 4 rings (SSSR count). The summed E-state index contributed by atoms with van der Waals surface area (Å²) < 4.78 is 10.1. The quantitative estimate of drug-likeness (QED) is 0.0748. The van der Waals surface area contributed by atoms with Gasteiger partial charge in [0.1, 0.15) is 20.6 Å². The average molecular weight is 583 g/mol. The van der Waals surface area contributed by atoms with Crippen molar-refractivity contribution < 1.29 is 13.8 Å². The molecule has 0 saturated carbocycles. The van der Waals surface area contributed by atoms with E-state index in [4.69, 9.17) is 43.6 Å². The number of hydrogen-bond donors (Lipinski definition) is 0. The van der Waals surface area contributed by atoms with Crippen LogP contribution in [0.3, 0.4) is 0 Å². The van der Waals surface area contributed by atoms with Gasteiger partial charge in [0.2, 0.25) is 0 Å². The maximum absolute atomic E-state index is 11.8. The molecule has 0 radical (unpaired) electrons. The Kier molecular flexibility index (Phi) is 7.87. The van der Waals surface area contributed by atoms with Crippen molar-refractivity contribution in [3.05, 3.63) is 110 Å². The van der Waals surface area contributed by atoms with Crippen LogP contribution < -0.4 is 11.3 Å². The van der Waals surface area contributed by atoms with Gasteiger partial charge in [-0.1, -0.05) is 58.3 Å². The van der Waals surface area contributed by atoms with Gasteiger partial charge in [-0.15, -0.1) is 0 Å². The molecule has 0 unspecified atom stereocenters. The molecule has 0 atom stereocenters. The molecule has 0 spiro atoms. The van der Waals surface area contributed by atoms with Crippen molar-refractivity contribution in [1.29, 1.82) is 0 Å². The fraction of sp³-hybridized carbons (Fsp3) is 0.0833. The third kappa shape index (κ3) is 5.66. The van der Waals surface area contributed by atoms with Crippen LogP contribution in [0.2, 0.25) is 0 Å². The van der Waals surface area contributed by atoms with Gasteiger partial charge in [-0.3, -0.25) is 10.1 Å². The van der Waals surface area contributed by atoms with Gasteiger partial charge in [0.25, 0.3) is 0 Å². The lowest BCUT2D eigenvalue weighted by Gasteiger charge is -2.07. The zero-order valence-electron chi connectivity index (χ0n) is 18.5. The molecule has 4 aromatic rings. The summed E-state index contributed by atoms with van der Waals surface area (Å²) in [4.78, 5) is 35.5. The molecule has 0 aliphatic carbocycles. The highest BCUT2D eigenvalue weighted by molar-refractivity contribution is 8.05. The van der Waals surface area contributed by atoms with E-state index in [1.54, 1.807) is 50.2 Å². The van der Waals surface area contributed by atoms with Gasteiger partial charge in [-0.2, -0.15) is 0 Å². The largest absolute Gasteiger partial charge is 0.423 e. The van der Waals surface area contributed by atoms with Gasteiger partial charge in [-0.25, -0.2) is 9.59 Å². The maximum atomic E-state index is 11.8. The SMILES string of the molecule is Cc1cc(=O)oc2cc(S/C(Cl)=C(Cl)\C(=C(\Cl)Sc3ccc4c(C)cc(=O)oc4c3)[N+](=O)[O-])ccc12. The van der Waals surface area contributed by atoms with Crippen molar-refractivity contribution in [3.63, 3.8) is 0 Å². The number of thioether (sulfide) groups is 2. The molecule has 2 aromatic heterocycles. The zero-order chi connectivity index (χ0) is 26.1. The molecule has 0 fully saturated rings. The van der Waals surface area contributed by atoms with E-state index >= 15 is 0 Å².